The van der Waals surface area contributed by atoms with Gasteiger partial charge in [0.05, 0.1) is 26.4 Å². The van der Waals surface area contributed by atoms with E-state index in [9.17, 15) is 9.59 Å². The van der Waals surface area contributed by atoms with Crippen LogP contribution >= 0.6 is 0 Å². The van der Waals surface area contributed by atoms with Gasteiger partial charge >= 0.3 is 6.03 Å². The van der Waals surface area contributed by atoms with E-state index < -0.39 is 6.03 Å². The van der Waals surface area contributed by atoms with Gasteiger partial charge in [-0.05, 0) is 50.5 Å². The zero-order chi connectivity index (χ0) is 22.8. The van der Waals surface area contributed by atoms with Crippen molar-refractivity contribution in [3.63, 3.8) is 0 Å². The molecule has 31 heavy (non-hydrogen) atoms. The second-order valence-electron chi connectivity index (χ2n) is 7.08. The van der Waals surface area contributed by atoms with Crippen LogP contribution in [0.5, 0.6) is 11.5 Å². The summed E-state index contributed by atoms with van der Waals surface area (Å²) < 4.78 is 17.2. The molecule has 2 N–H and O–H groups in total. The van der Waals surface area contributed by atoms with Crippen LogP contribution in [0.25, 0.3) is 0 Å². The summed E-state index contributed by atoms with van der Waals surface area (Å²) in [5.74, 6) is 0.798. The molecule has 0 bridgehead atoms. The Balaban J connectivity index is 2.19. The van der Waals surface area contributed by atoms with Crippen LogP contribution in [0.2, 0.25) is 0 Å². The number of primary amides is 1. The molecule has 0 aliphatic carbocycles. The van der Waals surface area contributed by atoms with Gasteiger partial charge in [-0.3, -0.25) is 4.79 Å². The molecule has 2 amide bonds. The van der Waals surface area contributed by atoms with Gasteiger partial charge in [0.1, 0.15) is 17.1 Å². The smallest absolute Gasteiger partial charge is 0.315 e. The number of rotatable bonds is 12. The number of carbonyl (C=O) groups is 2. The van der Waals surface area contributed by atoms with Gasteiger partial charge in [-0.15, -0.1) is 0 Å². The summed E-state index contributed by atoms with van der Waals surface area (Å²) in [6, 6.07) is 11.1. The largest absolute Gasteiger partial charge is 0.493 e. The first-order valence-electron chi connectivity index (χ1n) is 10.5. The Bertz CT molecular complexity index is 883. The van der Waals surface area contributed by atoms with Gasteiger partial charge in [0, 0.05) is 13.1 Å². The van der Waals surface area contributed by atoms with Crippen molar-refractivity contribution >= 4 is 11.8 Å². The standard InChI is InChI=1S/C24H32N2O5/c1-5-30-21-14-20(17(3)23(31-6-2)22(21)18(4)27)15-26(24(25)28)12-13-29-16-19-10-8-7-9-11-19/h7-11,14H,5-6,12-13,15-16H2,1-4H3,(H2,25,28). The first-order chi connectivity index (χ1) is 14.9. The minimum Gasteiger partial charge on any atom is -0.493 e. The molecule has 0 heterocycles. The van der Waals surface area contributed by atoms with Crippen LogP contribution < -0.4 is 15.2 Å². The highest BCUT2D eigenvalue weighted by Crippen LogP contribution is 2.36. The highest BCUT2D eigenvalue weighted by Gasteiger charge is 2.23. The Morgan fingerprint density at radius 1 is 1.06 bits per heavy atom. The van der Waals surface area contributed by atoms with E-state index >= 15 is 0 Å². The average molecular weight is 429 g/mol. The van der Waals surface area contributed by atoms with Crippen LogP contribution in [0.3, 0.4) is 0 Å². The summed E-state index contributed by atoms with van der Waals surface area (Å²) in [5, 5.41) is 0. The third-order valence-electron chi connectivity index (χ3n) is 4.83. The van der Waals surface area contributed by atoms with Gasteiger partial charge < -0.3 is 24.8 Å². The second kappa shape index (κ2) is 12.0. The van der Waals surface area contributed by atoms with Crippen molar-refractivity contribution in [2.75, 3.05) is 26.4 Å². The van der Waals surface area contributed by atoms with Crippen LogP contribution in [-0.4, -0.2) is 43.1 Å². The maximum Gasteiger partial charge on any atom is 0.315 e. The van der Waals surface area contributed by atoms with E-state index in [0.717, 1.165) is 16.7 Å². The number of ketones is 1. The van der Waals surface area contributed by atoms with E-state index in [1.54, 1.807) is 6.07 Å². The number of nitrogens with zero attached hydrogens (tertiary/aromatic N) is 1. The molecule has 0 radical (unpaired) electrons. The quantitative estimate of drug-likeness (QED) is 0.406. The molecular weight excluding hydrogens is 396 g/mol. The van der Waals surface area contributed by atoms with Gasteiger partial charge in [0.15, 0.2) is 5.78 Å². The van der Waals surface area contributed by atoms with Crippen LogP contribution in [0.4, 0.5) is 4.79 Å². The fraction of sp³-hybridized carbons (Fsp3) is 0.417. The van der Waals surface area contributed by atoms with E-state index in [2.05, 4.69) is 0 Å². The third-order valence-corrected chi connectivity index (χ3v) is 4.83. The van der Waals surface area contributed by atoms with E-state index in [-0.39, 0.29) is 12.3 Å². The molecule has 168 valence electrons. The number of carbonyl (C=O) groups excluding carboxylic acids is 2. The minimum atomic E-state index is -0.547. The molecule has 0 spiro atoms. The van der Waals surface area contributed by atoms with Crippen molar-refractivity contribution in [3.05, 3.63) is 58.7 Å². The normalized spacial score (nSPS) is 10.6. The van der Waals surface area contributed by atoms with E-state index in [4.69, 9.17) is 19.9 Å². The van der Waals surface area contributed by atoms with E-state index in [1.807, 2.05) is 51.1 Å². The Hall–Kier alpha value is -3.06. The second-order valence-corrected chi connectivity index (χ2v) is 7.08. The lowest BCUT2D eigenvalue weighted by atomic mass is 9.99. The summed E-state index contributed by atoms with van der Waals surface area (Å²) in [4.78, 5) is 25.8. The molecular formula is C24H32N2O5. The number of nitrogens with two attached hydrogens (primary N) is 1. The predicted molar refractivity (Wildman–Crippen MR) is 120 cm³/mol. The molecule has 2 rings (SSSR count). The third kappa shape index (κ3) is 6.72. The predicted octanol–water partition coefficient (Wildman–Crippen LogP) is 4.09. The first kappa shape index (κ1) is 24.2. The molecule has 7 heteroatoms. The Morgan fingerprint density at radius 3 is 2.32 bits per heavy atom. The summed E-state index contributed by atoms with van der Waals surface area (Å²) in [6.07, 6.45) is 0. The lowest BCUT2D eigenvalue weighted by molar-refractivity contribution is 0.0985. The SMILES string of the molecule is CCOc1cc(CN(CCOCc2ccccc2)C(N)=O)c(C)c(OCC)c1C(C)=O. The van der Waals surface area contributed by atoms with Crippen molar-refractivity contribution in [3.8, 4) is 11.5 Å². The summed E-state index contributed by atoms with van der Waals surface area (Å²) >= 11 is 0. The minimum absolute atomic E-state index is 0.136. The van der Waals surface area contributed by atoms with Crippen molar-refractivity contribution in [1.82, 2.24) is 4.90 Å². The average Bonchev–Trinajstić information content (AvgIpc) is 2.74. The number of amides is 2. The van der Waals surface area contributed by atoms with Crippen LogP contribution in [0.1, 0.15) is 47.8 Å². The summed E-state index contributed by atoms with van der Waals surface area (Å²) in [5.41, 5.74) is 8.68. The molecule has 0 aliphatic heterocycles. The topological polar surface area (TPSA) is 91.1 Å². The fourth-order valence-electron chi connectivity index (χ4n) is 3.29. The zero-order valence-corrected chi connectivity index (χ0v) is 18.8. The first-order valence-corrected chi connectivity index (χ1v) is 10.5. The van der Waals surface area contributed by atoms with Gasteiger partial charge in [-0.1, -0.05) is 30.3 Å². The Kier molecular flexibility index (Phi) is 9.34. The molecule has 2 aromatic rings. The van der Waals surface area contributed by atoms with E-state index in [1.165, 1.54) is 11.8 Å². The number of benzene rings is 2. The van der Waals surface area contributed by atoms with Crippen LogP contribution in [0.15, 0.2) is 36.4 Å². The van der Waals surface area contributed by atoms with Gasteiger partial charge in [0.25, 0.3) is 0 Å². The number of ether oxygens (including phenoxy) is 3. The van der Waals surface area contributed by atoms with Crippen molar-refractivity contribution in [2.45, 2.75) is 40.8 Å². The lowest BCUT2D eigenvalue weighted by Gasteiger charge is -2.24. The summed E-state index contributed by atoms with van der Waals surface area (Å²) in [6.45, 7) is 9.27. The molecule has 0 aliphatic rings. The van der Waals surface area contributed by atoms with Gasteiger partial charge in [-0.2, -0.15) is 0 Å². The number of Topliss-reactive ketones (excluding diaryl/α,β-unsaturated/α-hetero) is 1. The van der Waals surface area contributed by atoms with Crippen molar-refractivity contribution < 1.29 is 23.8 Å². The number of hydrogen-bond donors (Lipinski definition) is 1. The highest BCUT2D eigenvalue weighted by atomic mass is 16.5. The molecule has 0 saturated carbocycles. The molecule has 0 fully saturated rings. The molecule has 2 aromatic carbocycles. The van der Waals surface area contributed by atoms with Crippen molar-refractivity contribution in [2.24, 2.45) is 5.73 Å². The Morgan fingerprint density at radius 2 is 1.74 bits per heavy atom. The number of urea groups is 1. The highest BCUT2D eigenvalue weighted by molar-refractivity contribution is 6.00. The molecule has 0 saturated heterocycles. The zero-order valence-electron chi connectivity index (χ0n) is 18.8. The number of hydrogen-bond acceptors (Lipinski definition) is 5. The lowest BCUT2D eigenvalue weighted by Crippen LogP contribution is -2.37. The van der Waals surface area contributed by atoms with E-state index in [0.29, 0.717) is 50.0 Å². The maximum atomic E-state index is 12.3. The monoisotopic (exact) mass is 428 g/mol. The van der Waals surface area contributed by atoms with Gasteiger partial charge in [0.2, 0.25) is 0 Å². The Labute approximate surface area is 184 Å². The van der Waals surface area contributed by atoms with Gasteiger partial charge in [-0.25, -0.2) is 4.79 Å². The molecule has 0 aromatic heterocycles. The van der Waals surface area contributed by atoms with Crippen molar-refractivity contribution in [1.29, 1.82) is 0 Å². The van der Waals surface area contributed by atoms with Crippen LogP contribution in [-0.2, 0) is 17.9 Å². The maximum absolute atomic E-state index is 12.3. The molecule has 0 unspecified atom stereocenters. The molecule has 0 atom stereocenters. The fourth-order valence-corrected chi connectivity index (χ4v) is 3.29. The van der Waals surface area contributed by atoms with Crippen LogP contribution in [0, 0.1) is 6.92 Å². The summed E-state index contributed by atoms with van der Waals surface area (Å²) in [7, 11) is 0. The molecule has 7 nitrogen and oxygen atoms in total.